The average Bonchev–Trinajstić information content (AvgIpc) is 2.15. The molecule has 0 saturated heterocycles. The van der Waals surface area contributed by atoms with E-state index in [9.17, 15) is 4.79 Å². The molecule has 0 aliphatic rings. The topological polar surface area (TPSA) is 39.2 Å². The van der Waals surface area contributed by atoms with Gasteiger partial charge in [-0.25, -0.2) is 4.98 Å². The van der Waals surface area contributed by atoms with E-state index in [0.29, 0.717) is 12.2 Å². The molecule has 0 bridgehead atoms. The highest BCUT2D eigenvalue weighted by atomic mass is 16.5. The lowest BCUT2D eigenvalue weighted by Crippen LogP contribution is -1.86. The number of pyridine rings is 1. The summed E-state index contributed by atoms with van der Waals surface area (Å²) >= 11 is 0. The number of carbonyl (C=O) groups excluding carboxylic acids is 1. The number of hydrogen-bond acceptors (Lipinski definition) is 3. The van der Waals surface area contributed by atoms with Gasteiger partial charge in [0.05, 0.1) is 7.11 Å². The SMILES string of the molecule is COc1ccc(/C=[C]/C=O)cn1. The Balaban J connectivity index is 2.77. The summed E-state index contributed by atoms with van der Waals surface area (Å²) in [6.07, 6.45) is 6.18. The van der Waals surface area contributed by atoms with Gasteiger partial charge in [0.1, 0.15) is 0 Å². The molecular formula is C9H8NO2. The first-order chi connectivity index (χ1) is 5.86. The van der Waals surface area contributed by atoms with Crippen molar-refractivity contribution in [3.63, 3.8) is 0 Å². The Bertz CT molecular complexity index is 277. The first kappa shape index (κ1) is 8.46. The van der Waals surface area contributed by atoms with Gasteiger partial charge in [0.25, 0.3) is 0 Å². The van der Waals surface area contributed by atoms with Crippen LogP contribution < -0.4 is 4.74 Å². The lowest BCUT2D eigenvalue weighted by molar-refractivity contribution is -0.104. The second kappa shape index (κ2) is 4.28. The smallest absolute Gasteiger partial charge is 0.212 e. The minimum Gasteiger partial charge on any atom is -0.481 e. The van der Waals surface area contributed by atoms with E-state index in [-0.39, 0.29) is 0 Å². The third-order valence-electron chi connectivity index (χ3n) is 1.29. The van der Waals surface area contributed by atoms with Gasteiger partial charge in [-0.2, -0.15) is 0 Å². The van der Waals surface area contributed by atoms with Gasteiger partial charge in [-0.05, 0) is 17.7 Å². The quantitative estimate of drug-likeness (QED) is 0.493. The van der Waals surface area contributed by atoms with Crippen LogP contribution in [0.3, 0.4) is 0 Å². The number of methoxy groups -OCH3 is 1. The molecule has 0 aromatic carbocycles. The van der Waals surface area contributed by atoms with Crippen LogP contribution >= 0.6 is 0 Å². The summed E-state index contributed by atoms with van der Waals surface area (Å²) in [5, 5.41) is 0. The van der Waals surface area contributed by atoms with Crippen molar-refractivity contribution in [2.75, 3.05) is 7.11 Å². The number of allylic oxidation sites excluding steroid dienone is 1. The van der Waals surface area contributed by atoms with E-state index in [1.807, 2.05) is 0 Å². The van der Waals surface area contributed by atoms with Crippen LogP contribution in [0, 0.1) is 6.08 Å². The van der Waals surface area contributed by atoms with E-state index in [1.54, 1.807) is 31.5 Å². The number of hydrogen-bond donors (Lipinski definition) is 0. The molecule has 0 spiro atoms. The van der Waals surface area contributed by atoms with Crippen molar-refractivity contribution >= 4 is 12.4 Å². The van der Waals surface area contributed by atoms with Crippen molar-refractivity contribution in [2.24, 2.45) is 0 Å². The molecule has 0 aliphatic heterocycles. The highest BCUT2D eigenvalue weighted by Gasteiger charge is 1.90. The fourth-order valence-corrected chi connectivity index (χ4v) is 0.728. The summed E-state index contributed by atoms with van der Waals surface area (Å²) in [5.74, 6) is 0.554. The van der Waals surface area contributed by atoms with Crippen LogP contribution in [-0.2, 0) is 4.79 Å². The highest BCUT2D eigenvalue weighted by molar-refractivity contribution is 5.68. The van der Waals surface area contributed by atoms with Crippen LogP contribution in [0.2, 0.25) is 0 Å². The van der Waals surface area contributed by atoms with E-state index in [1.165, 1.54) is 0 Å². The van der Waals surface area contributed by atoms with Gasteiger partial charge < -0.3 is 4.74 Å². The van der Waals surface area contributed by atoms with Crippen LogP contribution in [0.5, 0.6) is 5.88 Å². The Morgan fingerprint density at radius 3 is 2.92 bits per heavy atom. The van der Waals surface area contributed by atoms with Gasteiger partial charge in [-0.15, -0.1) is 0 Å². The molecule has 3 nitrogen and oxygen atoms in total. The molecule has 1 heterocycles. The monoisotopic (exact) mass is 162 g/mol. The molecule has 0 atom stereocenters. The summed E-state index contributed by atoms with van der Waals surface area (Å²) < 4.78 is 4.86. The van der Waals surface area contributed by atoms with E-state index in [0.717, 1.165) is 5.56 Å². The third kappa shape index (κ3) is 2.20. The molecule has 12 heavy (non-hydrogen) atoms. The van der Waals surface area contributed by atoms with Gasteiger partial charge in [-0.1, -0.05) is 0 Å². The van der Waals surface area contributed by atoms with Crippen molar-refractivity contribution in [3.05, 3.63) is 30.0 Å². The number of rotatable bonds is 3. The minimum absolute atomic E-state index is 0.554. The molecule has 0 amide bonds. The van der Waals surface area contributed by atoms with E-state index >= 15 is 0 Å². The van der Waals surface area contributed by atoms with Crippen molar-refractivity contribution in [1.82, 2.24) is 4.98 Å². The predicted molar refractivity (Wildman–Crippen MR) is 44.6 cm³/mol. The lowest BCUT2D eigenvalue weighted by Gasteiger charge is -1.96. The Morgan fingerprint density at radius 2 is 2.42 bits per heavy atom. The Kier molecular flexibility index (Phi) is 3.02. The van der Waals surface area contributed by atoms with Crippen molar-refractivity contribution in [2.45, 2.75) is 0 Å². The van der Waals surface area contributed by atoms with E-state index < -0.39 is 0 Å². The summed E-state index contributed by atoms with van der Waals surface area (Å²) in [6.45, 7) is 0. The minimum atomic E-state index is 0.554. The van der Waals surface area contributed by atoms with Crippen LogP contribution in [0.1, 0.15) is 5.56 Å². The summed E-state index contributed by atoms with van der Waals surface area (Å²) in [6, 6.07) is 3.51. The number of carbonyl (C=O) groups is 1. The molecule has 1 rings (SSSR count). The lowest BCUT2D eigenvalue weighted by atomic mass is 10.2. The Labute approximate surface area is 70.7 Å². The van der Waals surface area contributed by atoms with Crippen molar-refractivity contribution in [3.8, 4) is 5.88 Å². The van der Waals surface area contributed by atoms with Crippen LogP contribution in [0.25, 0.3) is 6.08 Å². The van der Waals surface area contributed by atoms with Crippen molar-refractivity contribution in [1.29, 1.82) is 0 Å². The Hall–Kier alpha value is -1.64. The maximum Gasteiger partial charge on any atom is 0.212 e. The highest BCUT2D eigenvalue weighted by Crippen LogP contribution is 2.07. The van der Waals surface area contributed by atoms with Gasteiger partial charge in [0.2, 0.25) is 5.88 Å². The maximum atomic E-state index is 9.91. The number of ether oxygens (including phenoxy) is 1. The molecule has 61 valence electrons. The van der Waals surface area contributed by atoms with E-state index in [4.69, 9.17) is 4.74 Å². The zero-order valence-corrected chi connectivity index (χ0v) is 6.65. The van der Waals surface area contributed by atoms with Crippen LogP contribution in [0.4, 0.5) is 0 Å². The summed E-state index contributed by atoms with van der Waals surface area (Å²) in [7, 11) is 1.55. The second-order valence-corrected chi connectivity index (χ2v) is 2.06. The molecule has 0 saturated carbocycles. The fraction of sp³-hybridized carbons (Fsp3) is 0.111. The zero-order valence-electron chi connectivity index (χ0n) is 6.65. The van der Waals surface area contributed by atoms with E-state index in [2.05, 4.69) is 11.1 Å². The van der Waals surface area contributed by atoms with Gasteiger partial charge in [-0.3, -0.25) is 4.79 Å². The zero-order chi connectivity index (χ0) is 8.81. The molecule has 0 aliphatic carbocycles. The molecule has 1 aromatic heterocycles. The van der Waals surface area contributed by atoms with Gasteiger partial charge in [0.15, 0.2) is 6.29 Å². The molecule has 1 aromatic rings. The molecule has 0 fully saturated rings. The first-order valence-electron chi connectivity index (χ1n) is 3.40. The van der Waals surface area contributed by atoms with Gasteiger partial charge >= 0.3 is 0 Å². The average molecular weight is 162 g/mol. The van der Waals surface area contributed by atoms with Crippen LogP contribution in [0.15, 0.2) is 18.3 Å². The normalized spacial score (nSPS) is 10.1. The molecule has 0 unspecified atom stereocenters. The third-order valence-corrected chi connectivity index (χ3v) is 1.29. The standard InChI is InChI=1S/C9H8NO2/c1-12-9-5-4-8(7-10-9)3-2-6-11/h3-7H,1H3. The molecule has 0 N–H and O–H groups in total. The predicted octanol–water partition coefficient (Wildman–Crippen LogP) is 1.11. The summed E-state index contributed by atoms with van der Waals surface area (Å²) in [4.78, 5) is 13.9. The first-order valence-corrected chi connectivity index (χ1v) is 3.40. The molecular weight excluding hydrogens is 154 g/mol. The number of aromatic nitrogens is 1. The van der Waals surface area contributed by atoms with Crippen LogP contribution in [-0.4, -0.2) is 18.4 Å². The second-order valence-electron chi connectivity index (χ2n) is 2.06. The van der Waals surface area contributed by atoms with Crippen molar-refractivity contribution < 1.29 is 9.53 Å². The fourth-order valence-electron chi connectivity index (χ4n) is 0.728. The number of nitrogens with zero attached hydrogens (tertiary/aromatic N) is 1. The molecule has 1 radical (unpaired) electrons. The largest absolute Gasteiger partial charge is 0.481 e. The van der Waals surface area contributed by atoms with Gasteiger partial charge in [0, 0.05) is 18.3 Å². The maximum absolute atomic E-state index is 9.91. The summed E-state index contributed by atoms with van der Waals surface area (Å²) in [5.41, 5.74) is 0.822. The Morgan fingerprint density at radius 1 is 1.58 bits per heavy atom. The molecule has 3 heteroatoms. The number of aldehydes is 1.